The number of ketones is 1. The second-order valence-electron chi connectivity index (χ2n) is 4.38. The van der Waals surface area contributed by atoms with Gasteiger partial charge in [0.25, 0.3) is 0 Å². The molecule has 0 aromatic heterocycles. The fourth-order valence-electron chi connectivity index (χ4n) is 1.96. The van der Waals surface area contributed by atoms with E-state index in [1.165, 1.54) is 0 Å². The van der Waals surface area contributed by atoms with Gasteiger partial charge in [0.05, 0.1) is 6.04 Å². The van der Waals surface area contributed by atoms with E-state index in [2.05, 4.69) is 5.32 Å². The highest BCUT2D eigenvalue weighted by molar-refractivity contribution is 5.77. The van der Waals surface area contributed by atoms with Crippen LogP contribution < -0.4 is 5.32 Å². The van der Waals surface area contributed by atoms with Crippen LogP contribution in [0.15, 0.2) is 60.7 Å². The summed E-state index contributed by atoms with van der Waals surface area (Å²) in [6, 6.07) is 20.1. The molecule has 1 N–H and O–H groups in total. The van der Waals surface area contributed by atoms with Crippen LogP contribution in [0, 0.1) is 0 Å². The van der Waals surface area contributed by atoms with Gasteiger partial charge in [-0.25, -0.2) is 0 Å². The third kappa shape index (κ3) is 3.45. The van der Waals surface area contributed by atoms with Crippen LogP contribution in [0.25, 0.3) is 0 Å². The van der Waals surface area contributed by atoms with Crippen LogP contribution in [0.4, 0.5) is 5.69 Å². The van der Waals surface area contributed by atoms with Crippen molar-refractivity contribution in [2.45, 2.75) is 19.4 Å². The van der Waals surface area contributed by atoms with E-state index in [1.807, 2.05) is 60.7 Å². The largest absolute Gasteiger partial charge is 0.378 e. The highest BCUT2D eigenvalue weighted by Gasteiger charge is 2.13. The Balaban J connectivity index is 2.18. The summed E-state index contributed by atoms with van der Waals surface area (Å²) in [4.78, 5) is 11.4. The maximum atomic E-state index is 11.4. The molecule has 0 aliphatic rings. The van der Waals surface area contributed by atoms with Crippen molar-refractivity contribution in [1.82, 2.24) is 0 Å². The summed E-state index contributed by atoms with van der Waals surface area (Å²) in [5.41, 5.74) is 2.17. The fraction of sp³-hybridized carbons (Fsp3) is 0.188. The number of carbonyl (C=O) groups excluding carboxylic acids is 1. The lowest BCUT2D eigenvalue weighted by Gasteiger charge is -2.19. The van der Waals surface area contributed by atoms with Gasteiger partial charge in [-0.1, -0.05) is 48.5 Å². The number of para-hydroxylation sites is 1. The zero-order valence-electron chi connectivity index (χ0n) is 10.5. The topological polar surface area (TPSA) is 29.1 Å². The van der Waals surface area contributed by atoms with Crippen molar-refractivity contribution in [3.8, 4) is 0 Å². The molecule has 0 aliphatic carbocycles. The van der Waals surface area contributed by atoms with Gasteiger partial charge < -0.3 is 5.32 Å². The van der Waals surface area contributed by atoms with E-state index in [1.54, 1.807) is 6.92 Å². The number of hydrogen-bond acceptors (Lipinski definition) is 2. The minimum Gasteiger partial charge on any atom is -0.378 e. The minimum atomic E-state index is 0.0334. The standard InChI is InChI=1S/C16H17NO/c1-13(18)12-16(14-8-4-2-5-9-14)17-15-10-6-3-7-11-15/h2-11,16-17H,12H2,1H3/t16-/m1/s1. The van der Waals surface area contributed by atoms with Crippen molar-refractivity contribution in [3.05, 3.63) is 66.2 Å². The molecule has 0 radical (unpaired) electrons. The summed E-state index contributed by atoms with van der Waals surface area (Å²) in [6.45, 7) is 1.63. The van der Waals surface area contributed by atoms with Gasteiger partial charge in [-0.05, 0) is 24.6 Å². The Kier molecular flexibility index (Phi) is 4.13. The van der Waals surface area contributed by atoms with Crippen LogP contribution in [-0.2, 0) is 4.79 Å². The average Bonchev–Trinajstić information content (AvgIpc) is 2.40. The number of Topliss-reactive ketones (excluding diaryl/α,β-unsaturated/α-hetero) is 1. The maximum Gasteiger partial charge on any atom is 0.132 e. The molecule has 0 amide bonds. The Morgan fingerprint density at radius 3 is 2.11 bits per heavy atom. The van der Waals surface area contributed by atoms with Crippen molar-refractivity contribution in [2.24, 2.45) is 0 Å². The molecule has 0 saturated carbocycles. The molecular weight excluding hydrogens is 222 g/mol. The number of nitrogens with one attached hydrogen (secondary N) is 1. The van der Waals surface area contributed by atoms with Crippen molar-refractivity contribution < 1.29 is 4.79 Å². The predicted molar refractivity (Wildman–Crippen MR) is 74.5 cm³/mol. The second kappa shape index (κ2) is 6.01. The summed E-state index contributed by atoms with van der Waals surface area (Å²) >= 11 is 0. The van der Waals surface area contributed by atoms with Crippen molar-refractivity contribution in [3.63, 3.8) is 0 Å². The summed E-state index contributed by atoms with van der Waals surface area (Å²) in [7, 11) is 0. The first-order chi connectivity index (χ1) is 8.75. The number of rotatable bonds is 5. The Bertz CT molecular complexity index is 493. The molecule has 0 aliphatic heterocycles. The zero-order chi connectivity index (χ0) is 12.8. The van der Waals surface area contributed by atoms with Crippen molar-refractivity contribution >= 4 is 11.5 Å². The first kappa shape index (κ1) is 12.4. The fourth-order valence-corrected chi connectivity index (χ4v) is 1.96. The second-order valence-corrected chi connectivity index (χ2v) is 4.38. The van der Waals surface area contributed by atoms with Gasteiger partial charge in [-0.15, -0.1) is 0 Å². The van der Waals surface area contributed by atoms with Gasteiger partial charge in [0.2, 0.25) is 0 Å². The molecule has 0 fully saturated rings. The van der Waals surface area contributed by atoms with Crippen LogP contribution in [0.1, 0.15) is 24.9 Å². The Morgan fingerprint density at radius 1 is 1.00 bits per heavy atom. The summed E-state index contributed by atoms with van der Waals surface area (Å²) in [6.07, 6.45) is 0.499. The highest BCUT2D eigenvalue weighted by atomic mass is 16.1. The van der Waals surface area contributed by atoms with Gasteiger partial charge in [0.1, 0.15) is 5.78 Å². The first-order valence-corrected chi connectivity index (χ1v) is 6.11. The number of benzene rings is 2. The molecule has 1 atom stereocenters. The van der Waals surface area contributed by atoms with E-state index >= 15 is 0 Å². The third-order valence-corrected chi connectivity index (χ3v) is 2.81. The molecule has 18 heavy (non-hydrogen) atoms. The van der Waals surface area contributed by atoms with Crippen LogP contribution in [-0.4, -0.2) is 5.78 Å². The lowest BCUT2D eigenvalue weighted by Crippen LogP contribution is -2.13. The Hall–Kier alpha value is -2.09. The Morgan fingerprint density at radius 2 is 1.56 bits per heavy atom. The van der Waals surface area contributed by atoms with E-state index < -0.39 is 0 Å². The summed E-state index contributed by atoms with van der Waals surface area (Å²) in [5, 5.41) is 3.41. The lowest BCUT2D eigenvalue weighted by atomic mass is 10.0. The van der Waals surface area contributed by atoms with E-state index in [9.17, 15) is 4.79 Å². The van der Waals surface area contributed by atoms with Crippen molar-refractivity contribution in [1.29, 1.82) is 0 Å². The lowest BCUT2D eigenvalue weighted by molar-refractivity contribution is -0.117. The monoisotopic (exact) mass is 239 g/mol. The van der Waals surface area contributed by atoms with Crippen LogP contribution in [0.5, 0.6) is 0 Å². The van der Waals surface area contributed by atoms with Gasteiger partial charge in [-0.2, -0.15) is 0 Å². The molecule has 0 unspecified atom stereocenters. The van der Waals surface area contributed by atoms with Gasteiger partial charge >= 0.3 is 0 Å². The summed E-state index contributed by atoms with van der Waals surface area (Å²) < 4.78 is 0. The van der Waals surface area contributed by atoms with Gasteiger partial charge in [-0.3, -0.25) is 4.79 Å². The quantitative estimate of drug-likeness (QED) is 0.859. The first-order valence-electron chi connectivity index (χ1n) is 6.11. The smallest absolute Gasteiger partial charge is 0.132 e. The molecule has 0 bridgehead atoms. The predicted octanol–water partition coefficient (Wildman–Crippen LogP) is 3.82. The van der Waals surface area contributed by atoms with Gasteiger partial charge in [0.15, 0.2) is 0 Å². The Labute approximate surface area is 108 Å². The SMILES string of the molecule is CC(=O)C[C@@H](Nc1ccccc1)c1ccccc1. The molecule has 0 heterocycles. The van der Waals surface area contributed by atoms with E-state index in [0.717, 1.165) is 11.3 Å². The molecule has 2 aromatic rings. The zero-order valence-corrected chi connectivity index (χ0v) is 10.5. The van der Waals surface area contributed by atoms with Gasteiger partial charge in [0, 0.05) is 12.1 Å². The maximum absolute atomic E-state index is 11.4. The molecule has 2 nitrogen and oxygen atoms in total. The minimum absolute atomic E-state index is 0.0334. The molecule has 2 rings (SSSR count). The number of carbonyl (C=O) groups is 1. The molecule has 0 saturated heterocycles. The van der Waals surface area contributed by atoms with Crippen LogP contribution >= 0.6 is 0 Å². The third-order valence-electron chi connectivity index (χ3n) is 2.81. The number of hydrogen-bond donors (Lipinski definition) is 1. The summed E-state index contributed by atoms with van der Waals surface area (Å²) in [5.74, 6) is 0.187. The van der Waals surface area contributed by atoms with Crippen LogP contribution in [0.2, 0.25) is 0 Å². The molecular formula is C16H17NO. The average molecular weight is 239 g/mol. The molecule has 92 valence electrons. The molecule has 2 heteroatoms. The normalized spacial score (nSPS) is 11.8. The van der Waals surface area contributed by atoms with Crippen molar-refractivity contribution in [2.75, 3.05) is 5.32 Å². The molecule has 0 spiro atoms. The van der Waals surface area contributed by atoms with E-state index in [-0.39, 0.29) is 11.8 Å². The van der Waals surface area contributed by atoms with E-state index in [0.29, 0.717) is 6.42 Å². The highest BCUT2D eigenvalue weighted by Crippen LogP contribution is 2.22. The van der Waals surface area contributed by atoms with Crippen LogP contribution in [0.3, 0.4) is 0 Å². The molecule has 2 aromatic carbocycles. The number of anilines is 1. The van der Waals surface area contributed by atoms with E-state index in [4.69, 9.17) is 0 Å².